The second-order valence-corrected chi connectivity index (χ2v) is 2.92. The maximum Gasteiger partial charge on any atom is 0.245 e. The summed E-state index contributed by atoms with van der Waals surface area (Å²) < 4.78 is 0. The standard InChI is InChI=1S/C8H12N2O4.C3H5NO/c1-3-5(11)9-7(13)8(14)10-6(12)4-2;1-2-3(4)5/h3-4,7-8,13-14H,1-2H2,(H,9,11)(H,10,12);2H,1H2,(H2,4,5). The molecule has 0 radical (unpaired) electrons. The summed E-state index contributed by atoms with van der Waals surface area (Å²) in [6.45, 7) is 9.37. The van der Waals surface area contributed by atoms with Crippen molar-refractivity contribution >= 4 is 17.7 Å². The van der Waals surface area contributed by atoms with Gasteiger partial charge in [-0.05, 0) is 18.2 Å². The zero-order chi connectivity index (χ0) is 15.4. The molecule has 0 saturated carbocycles. The van der Waals surface area contributed by atoms with Gasteiger partial charge in [0.2, 0.25) is 17.7 Å². The van der Waals surface area contributed by atoms with Gasteiger partial charge in [0.25, 0.3) is 0 Å². The molecule has 0 heterocycles. The van der Waals surface area contributed by atoms with Crippen molar-refractivity contribution in [3.8, 4) is 0 Å². The molecule has 0 saturated heterocycles. The summed E-state index contributed by atoms with van der Waals surface area (Å²) in [4.78, 5) is 30.8. The molecule has 2 atom stereocenters. The lowest BCUT2D eigenvalue weighted by atomic mass is 10.4. The second-order valence-electron chi connectivity index (χ2n) is 2.92. The molecule has 19 heavy (non-hydrogen) atoms. The van der Waals surface area contributed by atoms with Gasteiger partial charge >= 0.3 is 0 Å². The first-order valence-electron chi connectivity index (χ1n) is 4.92. The van der Waals surface area contributed by atoms with Gasteiger partial charge in [-0.3, -0.25) is 14.4 Å². The Morgan fingerprint density at radius 2 is 1.16 bits per heavy atom. The van der Waals surface area contributed by atoms with Crippen LogP contribution in [-0.2, 0) is 14.4 Å². The molecule has 3 amide bonds. The smallest absolute Gasteiger partial charge is 0.245 e. The van der Waals surface area contributed by atoms with Crippen LogP contribution in [0.1, 0.15) is 0 Å². The first kappa shape index (κ1) is 18.9. The van der Waals surface area contributed by atoms with Crippen molar-refractivity contribution in [3.63, 3.8) is 0 Å². The molecule has 0 fully saturated rings. The molecular weight excluding hydrogens is 254 g/mol. The molecule has 8 nitrogen and oxygen atoms in total. The van der Waals surface area contributed by atoms with E-state index in [4.69, 9.17) is 10.2 Å². The van der Waals surface area contributed by atoms with Crippen LogP contribution in [0.4, 0.5) is 0 Å². The van der Waals surface area contributed by atoms with Crippen molar-refractivity contribution in [1.29, 1.82) is 0 Å². The minimum absolute atomic E-state index is 0.481. The molecule has 0 aromatic heterocycles. The Balaban J connectivity index is 0. The number of primary amides is 1. The van der Waals surface area contributed by atoms with E-state index in [1.54, 1.807) is 0 Å². The first-order valence-corrected chi connectivity index (χ1v) is 4.92. The largest absolute Gasteiger partial charge is 0.369 e. The predicted octanol–water partition coefficient (Wildman–Crippen LogP) is -2.11. The highest BCUT2D eigenvalue weighted by Crippen LogP contribution is 1.86. The number of hydrogen-bond acceptors (Lipinski definition) is 5. The lowest BCUT2D eigenvalue weighted by molar-refractivity contribution is -0.128. The Morgan fingerprint density at radius 1 is 0.895 bits per heavy atom. The summed E-state index contributed by atoms with van der Waals surface area (Å²) in [6, 6.07) is 0. The van der Waals surface area contributed by atoms with Crippen molar-refractivity contribution in [1.82, 2.24) is 10.6 Å². The first-order chi connectivity index (χ1) is 8.78. The second kappa shape index (κ2) is 10.7. The third-order valence-electron chi connectivity index (χ3n) is 1.45. The lowest BCUT2D eigenvalue weighted by Crippen LogP contribution is -2.51. The van der Waals surface area contributed by atoms with E-state index in [0.717, 1.165) is 18.2 Å². The zero-order valence-corrected chi connectivity index (χ0v) is 10.2. The fourth-order valence-corrected chi connectivity index (χ4v) is 0.567. The average molecular weight is 271 g/mol. The van der Waals surface area contributed by atoms with Crippen LogP contribution in [0, 0.1) is 0 Å². The third kappa shape index (κ3) is 11.8. The normalized spacial score (nSPS) is 11.7. The molecule has 0 aliphatic rings. The van der Waals surface area contributed by atoms with Gasteiger partial charge in [-0.15, -0.1) is 0 Å². The maximum atomic E-state index is 10.6. The molecule has 8 heteroatoms. The fraction of sp³-hybridized carbons (Fsp3) is 0.182. The number of carbonyl (C=O) groups is 3. The van der Waals surface area contributed by atoms with Crippen molar-refractivity contribution in [2.45, 2.75) is 12.5 Å². The van der Waals surface area contributed by atoms with Crippen molar-refractivity contribution in [2.75, 3.05) is 0 Å². The number of aliphatic hydroxyl groups is 2. The summed E-state index contributed by atoms with van der Waals surface area (Å²) >= 11 is 0. The average Bonchev–Trinajstić information content (AvgIpc) is 2.38. The summed E-state index contributed by atoms with van der Waals surface area (Å²) in [7, 11) is 0. The number of rotatable bonds is 6. The van der Waals surface area contributed by atoms with Gasteiger partial charge in [0.15, 0.2) is 12.5 Å². The quantitative estimate of drug-likeness (QED) is 0.277. The highest BCUT2D eigenvalue weighted by Gasteiger charge is 2.17. The molecule has 0 aliphatic heterocycles. The zero-order valence-electron chi connectivity index (χ0n) is 10.2. The van der Waals surface area contributed by atoms with Gasteiger partial charge in [-0.2, -0.15) is 0 Å². The summed E-state index contributed by atoms with van der Waals surface area (Å²) in [5.74, 6) is -1.81. The van der Waals surface area contributed by atoms with Crippen LogP contribution in [0.3, 0.4) is 0 Å². The van der Waals surface area contributed by atoms with E-state index in [2.05, 4.69) is 25.5 Å². The van der Waals surface area contributed by atoms with Crippen LogP contribution in [-0.4, -0.2) is 40.4 Å². The molecular formula is C11H17N3O5. The molecule has 0 aromatic rings. The van der Waals surface area contributed by atoms with Gasteiger partial charge in [0.05, 0.1) is 0 Å². The van der Waals surface area contributed by atoms with E-state index < -0.39 is 30.2 Å². The maximum absolute atomic E-state index is 10.6. The van der Waals surface area contributed by atoms with Crippen LogP contribution in [0.5, 0.6) is 0 Å². The van der Waals surface area contributed by atoms with Crippen molar-refractivity contribution in [3.05, 3.63) is 38.0 Å². The Kier molecular flexibility index (Phi) is 10.6. The van der Waals surface area contributed by atoms with E-state index >= 15 is 0 Å². The fourth-order valence-electron chi connectivity index (χ4n) is 0.567. The van der Waals surface area contributed by atoms with Crippen LogP contribution < -0.4 is 16.4 Å². The summed E-state index contributed by atoms with van der Waals surface area (Å²) in [5, 5.41) is 22.1. The van der Waals surface area contributed by atoms with Crippen molar-refractivity contribution < 1.29 is 24.6 Å². The van der Waals surface area contributed by atoms with E-state index in [0.29, 0.717) is 0 Å². The lowest BCUT2D eigenvalue weighted by Gasteiger charge is -2.18. The molecule has 0 aliphatic carbocycles. The van der Waals surface area contributed by atoms with Crippen LogP contribution in [0.2, 0.25) is 0 Å². The SMILES string of the molecule is C=CC(=O)NC(O)C(O)NC(=O)C=C.C=CC(N)=O. The number of aliphatic hydroxyl groups excluding tert-OH is 2. The minimum Gasteiger partial charge on any atom is -0.369 e. The van der Waals surface area contributed by atoms with Gasteiger partial charge in [0.1, 0.15) is 0 Å². The van der Waals surface area contributed by atoms with E-state index in [1.165, 1.54) is 0 Å². The van der Waals surface area contributed by atoms with Gasteiger partial charge in [-0.25, -0.2) is 0 Å². The predicted molar refractivity (Wildman–Crippen MR) is 68.1 cm³/mol. The molecule has 106 valence electrons. The number of carbonyl (C=O) groups excluding carboxylic acids is 3. The Bertz CT molecular complexity index is 341. The molecule has 0 rings (SSSR count). The van der Waals surface area contributed by atoms with Crippen LogP contribution in [0.25, 0.3) is 0 Å². The number of hydrogen-bond donors (Lipinski definition) is 5. The third-order valence-corrected chi connectivity index (χ3v) is 1.45. The number of nitrogens with one attached hydrogen (secondary N) is 2. The van der Waals surface area contributed by atoms with Gasteiger partial charge in [0, 0.05) is 0 Å². The van der Waals surface area contributed by atoms with Crippen LogP contribution >= 0.6 is 0 Å². The highest BCUT2D eigenvalue weighted by atomic mass is 16.4. The van der Waals surface area contributed by atoms with E-state index in [9.17, 15) is 14.4 Å². The molecule has 0 spiro atoms. The van der Waals surface area contributed by atoms with E-state index in [1.807, 2.05) is 10.6 Å². The summed E-state index contributed by atoms with van der Waals surface area (Å²) in [5.41, 5.74) is 4.53. The minimum atomic E-state index is -1.59. The Hall–Kier alpha value is -2.45. The Labute approximate surface area is 110 Å². The Morgan fingerprint density at radius 3 is 1.32 bits per heavy atom. The van der Waals surface area contributed by atoms with Crippen molar-refractivity contribution in [2.24, 2.45) is 5.73 Å². The topological polar surface area (TPSA) is 142 Å². The molecule has 0 bridgehead atoms. The molecule has 6 N–H and O–H groups in total. The van der Waals surface area contributed by atoms with Gasteiger partial charge in [-0.1, -0.05) is 19.7 Å². The van der Waals surface area contributed by atoms with E-state index in [-0.39, 0.29) is 0 Å². The highest BCUT2D eigenvalue weighted by molar-refractivity contribution is 5.88. The molecule has 2 unspecified atom stereocenters. The van der Waals surface area contributed by atoms with Gasteiger partial charge < -0.3 is 26.6 Å². The van der Waals surface area contributed by atoms with Crippen LogP contribution in [0.15, 0.2) is 38.0 Å². The summed E-state index contributed by atoms with van der Waals surface area (Å²) in [6.07, 6.45) is -0.287. The number of amides is 3. The number of nitrogens with two attached hydrogens (primary N) is 1. The molecule has 0 aromatic carbocycles. The monoisotopic (exact) mass is 271 g/mol.